The lowest BCUT2D eigenvalue weighted by atomic mass is 9.91. The summed E-state index contributed by atoms with van der Waals surface area (Å²) in [7, 11) is 0. The summed E-state index contributed by atoms with van der Waals surface area (Å²) in [6.07, 6.45) is 0. The second-order valence-electron chi connectivity index (χ2n) is 15.7. The molecular weight excluding hydrogens is 757 g/mol. The molecule has 0 amide bonds. The number of hydrogen-bond acceptors (Lipinski definition) is 4. The second-order valence-corrected chi connectivity index (χ2v) is 15.7. The molecule has 0 aliphatic heterocycles. The Kier molecular flexibility index (Phi) is 8.46. The zero-order valence-electron chi connectivity index (χ0n) is 33.7. The van der Waals surface area contributed by atoms with Crippen molar-refractivity contribution in [1.29, 1.82) is 0 Å². The van der Waals surface area contributed by atoms with Crippen LogP contribution in [0.15, 0.2) is 239 Å². The van der Waals surface area contributed by atoms with Crippen LogP contribution in [0.2, 0.25) is 0 Å². The standard InChI is InChI=1S/C58H38N2O2/c1-5-17-39(18-6-1)50-35-41-29-34-52(59(42-21-9-3-10-22-42)44-30-32-48-46-25-13-15-27-54(46)61-56(48)36-44)58(40-19-7-2-8-20-40)51(41)38-53(50)60(43-23-11-4-12-24-43)45-31-33-49-47-26-14-16-28-55(47)62-57(49)37-45/h1-38H. The van der Waals surface area contributed by atoms with Gasteiger partial charge in [-0.3, -0.25) is 0 Å². The van der Waals surface area contributed by atoms with E-state index in [4.69, 9.17) is 8.83 Å². The Balaban J connectivity index is 1.15. The topological polar surface area (TPSA) is 32.8 Å². The molecule has 0 atom stereocenters. The molecule has 62 heavy (non-hydrogen) atoms. The van der Waals surface area contributed by atoms with Gasteiger partial charge in [0.25, 0.3) is 0 Å². The van der Waals surface area contributed by atoms with Crippen LogP contribution in [-0.2, 0) is 0 Å². The fraction of sp³-hybridized carbons (Fsp3) is 0. The van der Waals surface area contributed by atoms with Crippen molar-refractivity contribution in [1.82, 2.24) is 0 Å². The largest absolute Gasteiger partial charge is 0.456 e. The average molecular weight is 795 g/mol. The summed E-state index contributed by atoms with van der Waals surface area (Å²) in [6.45, 7) is 0. The Morgan fingerprint density at radius 3 is 1.27 bits per heavy atom. The van der Waals surface area contributed by atoms with E-state index in [1.807, 2.05) is 24.3 Å². The Hall–Kier alpha value is -8.34. The number of fused-ring (bicyclic) bond motifs is 7. The zero-order chi connectivity index (χ0) is 41.0. The van der Waals surface area contributed by atoms with Crippen LogP contribution < -0.4 is 9.80 Å². The van der Waals surface area contributed by atoms with Crippen LogP contribution in [0.25, 0.3) is 76.9 Å². The first kappa shape index (κ1) is 35.6. The van der Waals surface area contributed by atoms with Gasteiger partial charge in [0.2, 0.25) is 0 Å². The summed E-state index contributed by atoms with van der Waals surface area (Å²) in [5.41, 5.74) is 14.1. The SMILES string of the molecule is c1ccc(-c2cc3ccc(N(c4ccccc4)c4ccc5c(c4)oc4ccccc45)c(-c4ccccc4)c3cc2N(c2ccccc2)c2ccc3c(c2)oc2ccccc23)cc1. The number of para-hydroxylation sites is 4. The summed E-state index contributed by atoms with van der Waals surface area (Å²) in [4.78, 5) is 4.74. The molecule has 4 heteroatoms. The third-order valence-electron chi connectivity index (χ3n) is 12.0. The van der Waals surface area contributed by atoms with Crippen molar-refractivity contribution in [3.63, 3.8) is 0 Å². The van der Waals surface area contributed by atoms with E-state index < -0.39 is 0 Å². The summed E-state index contributed by atoms with van der Waals surface area (Å²) in [5, 5.41) is 6.67. The highest BCUT2D eigenvalue weighted by Crippen LogP contribution is 2.50. The van der Waals surface area contributed by atoms with Gasteiger partial charge < -0.3 is 18.6 Å². The van der Waals surface area contributed by atoms with Gasteiger partial charge in [-0.1, -0.05) is 140 Å². The van der Waals surface area contributed by atoms with Crippen LogP contribution in [-0.4, -0.2) is 0 Å². The molecule has 2 aromatic heterocycles. The van der Waals surface area contributed by atoms with Gasteiger partial charge in [0.1, 0.15) is 22.3 Å². The molecule has 292 valence electrons. The molecule has 2 heterocycles. The van der Waals surface area contributed by atoms with E-state index in [0.717, 1.165) is 111 Å². The fourth-order valence-electron chi connectivity index (χ4n) is 9.19. The van der Waals surface area contributed by atoms with Gasteiger partial charge in [0.05, 0.1) is 11.4 Å². The third kappa shape index (κ3) is 6.00. The molecule has 0 fully saturated rings. The van der Waals surface area contributed by atoms with Gasteiger partial charge in [0.15, 0.2) is 0 Å². The molecule has 0 bridgehead atoms. The molecule has 0 aliphatic rings. The lowest BCUT2D eigenvalue weighted by Gasteiger charge is -2.31. The van der Waals surface area contributed by atoms with Crippen LogP contribution in [0, 0.1) is 0 Å². The predicted octanol–water partition coefficient (Wildman–Crippen LogP) is 16.9. The van der Waals surface area contributed by atoms with Gasteiger partial charge in [-0.05, 0) is 101 Å². The molecule has 0 aliphatic carbocycles. The molecule has 0 saturated heterocycles. The minimum Gasteiger partial charge on any atom is -0.456 e. The van der Waals surface area contributed by atoms with E-state index in [2.05, 4.69) is 216 Å². The quantitative estimate of drug-likeness (QED) is 0.153. The van der Waals surface area contributed by atoms with Crippen molar-refractivity contribution >= 4 is 88.8 Å². The maximum atomic E-state index is 6.51. The molecule has 12 rings (SSSR count). The van der Waals surface area contributed by atoms with Crippen molar-refractivity contribution < 1.29 is 8.83 Å². The van der Waals surface area contributed by atoms with Crippen molar-refractivity contribution in [3.8, 4) is 22.3 Å². The first-order valence-corrected chi connectivity index (χ1v) is 21.0. The Morgan fingerprint density at radius 1 is 0.274 bits per heavy atom. The van der Waals surface area contributed by atoms with E-state index in [0.29, 0.717) is 0 Å². The maximum absolute atomic E-state index is 6.51. The highest BCUT2D eigenvalue weighted by Gasteiger charge is 2.25. The van der Waals surface area contributed by atoms with E-state index in [-0.39, 0.29) is 0 Å². The number of hydrogen-bond donors (Lipinski definition) is 0. The second kappa shape index (κ2) is 14.7. The monoisotopic (exact) mass is 794 g/mol. The van der Waals surface area contributed by atoms with Gasteiger partial charge in [-0.15, -0.1) is 0 Å². The van der Waals surface area contributed by atoms with Gasteiger partial charge in [-0.25, -0.2) is 0 Å². The van der Waals surface area contributed by atoms with E-state index in [9.17, 15) is 0 Å². The number of furan rings is 2. The number of anilines is 6. The molecule has 12 aromatic rings. The van der Waals surface area contributed by atoms with Crippen LogP contribution in [0.5, 0.6) is 0 Å². The first-order valence-electron chi connectivity index (χ1n) is 21.0. The number of nitrogens with zero attached hydrogens (tertiary/aromatic N) is 2. The average Bonchev–Trinajstić information content (AvgIpc) is 3.90. The zero-order valence-corrected chi connectivity index (χ0v) is 33.7. The van der Waals surface area contributed by atoms with Crippen molar-refractivity contribution in [2.45, 2.75) is 0 Å². The predicted molar refractivity (Wildman–Crippen MR) is 259 cm³/mol. The van der Waals surface area contributed by atoms with E-state index >= 15 is 0 Å². The minimum absolute atomic E-state index is 0.846. The lowest BCUT2D eigenvalue weighted by molar-refractivity contribution is 0.668. The summed E-state index contributed by atoms with van der Waals surface area (Å²) in [5.74, 6) is 0. The molecule has 0 spiro atoms. The van der Waals surface area contributed by atoms with Crippen LogP contribution in [0.3, 0.4) is 0 Å². The minimum atomic E-state index is 0.846. The molecule has 0 unspecified atom stereocenters. The Bertz CT molecular complexity index is 3580. The molecule has 0 radical (unpaired) electrons. The Labute approximate surface area is 358 Å². The van der Waals surface area contributed by atoms with E-state index in [1.54, 1.807) is 0 Å². The van der Waals surface area contributed by atoms with Gasteiger partial charge in [-0.2, -0.15) is 0 Å². The highest BCUT2D eigenvalue weighted by molar-refractivity contribution is 6.12. The molecular formula is C58H38N2O2. The molecule has 0 N–H and O–H groups in total. The smallest absolute Gasteiger partial charge is 0.137 e. The number of benzene rings is 10. The van der Waals surface area contributed by atoms with Gasteiger partial charge >= 0.3 is 0 Å². The normalized spacial score (nSPS) is 11.5. The van der Waals surface area contributed by atoms with Crippen molar-refractivity contribution in [2.24, 2.45) is 0 Å². The summed E-state index contributed by atoms with van der Waals surface area (Å²) >= 11 is 0. The molecule has 0 saturated carbocycles. The van der Waals surface area contributed by atoms with Crippen LogP contribution in [0.4, 0.5) is 34.1 Å². The summed E-state index contributed by atoms with van der Waals surface area (Å²) < 4.78 is 13.0. The first-order chi connectivity index (χ1) is 30.7. The van der Waals surface area contributed by atoms with E-state index in [1.165, 1.54) is 0 Å². The fourth-order valence-corrected chi connectivity index (χ4v) is 9.19. The highest BCUT2D eigenvalue weighted by atomic mass is 16.3. The third-order valence-corrected chi connectivity index (χ3v) is 12.0. The molecule has 10 aromatic carbocycles. The summed E-state index contributed by atoms with van der Waals surface area (Å²) in [6, 6.07) is 81.8. The lowest BCUT2D eigenvalue weighted by Crippen LogP contribution is -2.13. The molecule has 4 nitrogen and oxygen atoms in total. The van der Waals surface area contributed by atoms with Crippen LogP contribution in [0.1, 0.15) is 0 Å². The van der Waals surface area contributed by atoms with Crippen molar-refractivity contribution in [3.05, 3.63) is 231 Å². The van der Waals surface area contributed by atoms with Gasteiger partial charge in [0, 0.05) is 67.6 Å². The maximum Gasteiger partial charge on any atom is 0.137 e. The number of rotatable bonds is 8. The van der Waals surface area contributed by atoms with Crippen LogP contribution >= 0.6 is 0 Å². The van der Waals surface area contributed by atoms with Crippen molar-refractivity contribution in [2.75, 3.05) is 9.80 Å². The Morgan fingerprint density at radius 2 is 0.726 bits per heavy atom.